The van der Waals surface area contributed by atoms with Crippen LogP contribution in [0, 0.1) is 6.92 Å². The number of rotatable bonds is 2. The van der Waals surface area contributed by atoms with Crippen LogP contribution >= 0.6 is 15.9 Å². The highest BCUT2D eigenvalue weighted by molar-refractivity contribution is 9.09. The van der Waals surface area contributed by atoms with E-state index in [0.29, 0.717) is 16.7 Å². The molecule has 0 bridgehead atoms. The largest absolute Gasteiger partial charge is 0.455 e. The number of aromatic nitrogens is 1. The van der Waals surface area contributed by atoms with E-state index in [4.69, 9.17) is 4.42 Å². The van der Waals surface area contributed by atoms with Crippen LogP contribution in [0.1, 0.15) is 22.9 Å². The molecule has 1 unspecified atom stereocenters. The summed E-state index contributed by atoms with van der Waals surface area (Å²) in [5, 5.41) is 0.620. The minimum absolute atomic E-state index is 0.0267. The normalized spacial score (nSPS) is 12.5. The standard InChI is InChI=1S/C17H14BrNO2/c1-10-7-13(11(2)18)17-14(8-10)15(20)9-16(21-17)12-3-5-19-6-4-12/h3-9,11H,1-2H3. The highest BCUT2D eigenvalue weighted by Crippen LogP contribution is 2.31. The van der Waals surface area contributed by atoms with Gasteiger partial charge in [-0.1, -0.05) is 22.0 Å². The van der Waals surface area contributed by atoms with E-state index in [2.05, 4.69) is 20.9 Å². The predicted octanol–water partition coefficient (Wildman–Crippen LogP) is 4.62. The van der Waals surface area contributed by atoms with E-state index >= 15 is 0 Å². The quantitative estimate of drug-likeness (QED) is 0.637. The topological polar surface area (TPSA) is 43.1 Å². The SMILES string of the molecule is Cc1cc(C(C)Br)c2oc(-c3ccncc3)cc(=O)c2c1. The van der Waals surface area contributed by atoms with Gasteiger partial charge in [0.15, 0.2) is 5.43 Å². The number of alkyl halides is 1. The number of pyridine rings is 1. The van der Waals surface area contributed by atoms with Gasteiger partial charge in [-0.2, -0.15) is 0 Å². The summed E-state index contributed by atoms with van der Waals surface area (Å²) >= 11 is 3.57. The van der Waals surface area contributed by atoms with E-state index in [1.807, 2.05) is 38.1 Å². The van der Waals surface area contributed by atoms with Crippen molar-refractivity contribution in [2.24, 2.45) is 0 Å². The van der Waals surface area contributed by atoms with E-state index in [1.54, 1.807) is 18.5 Å². The third kappa shape index (κ3) is 2.63. The zero-order chi connectivity index (χ0) is 15.0. The average molecular weight is 344 g/mol. The highest BCUT2D eigenvalue weighted by atomic mass is 79.9. The van der Waals surface area contributed by atoms with E-state index in [0.717, 1.165) is 16.7 Å². The van der Waals surface area contributed by atoms with Crippen LogP contribution in [-0.4, -0.2) is 4.98 Å². The van der Waals surface area contributed by atoms with Gasteiger partial charge in [-0.25, -0.2) is 0 Å². The zero-order valence-corrected chi connectivity index (χ0v) is 13.3. The smallest absolute Gasteiger partial charge is 0.193 e. The maximum absolute atomic E-state index is 12.4. The summed E-state index contributed by atoms with van der Waals surface area (Å²) in [5.74, 6) is 0.563. The van der Waals surface area contributed by atoms with Crippen molar-refractivity contribution in [1.29, 1.82) is 0 Å². The molecule has 2 heterocycles. The highest BCUT2D eigenvalue weighted by Gasteiger charge is 2.14. The van der Waals surface area contributed by atoms with E-state index in [9.17, 15) is 4.79 Å². The lowest BCUT2D eigenvalue weighted by atomic mass is 10.0. The van der Waals surface area contributed by atoms with Gasteiger partial charge in [0.1, 0.15) is 11.3 Å². The van der Waals surface area contributed by atoms with Crippen LogP contribution < -0.4 is 5.43 Å². The lowest BCUT2D eigenvalue weighted by Crippen LogP contribution is -2.03. The Morgan fingerprint density at radius 1 is 1.19 bits per heavy atom. The summed E-state index contributed by atoms with van der Waals surface area (Å²) in [5.41, 5.74) is 3.49. The van der Waals surface area contributed by atoms with Crippen LogP contribution in [0.2, 0.25) is 0 Å². The van der Waals surface area contributed by atoms with Gasteiger partial charge in [0, 0.05) is 34.4 Å². The molecule has 0 saturated carbocycles. The molecule has 0 radical (unpaired) electrons. The first-order valence-corrected chi connectivity index (χ1v) is 7.60. The van der Waals surface area contributed by atoms with Crippen molar-refractivity contribution in [2.75, 3.05) is 0 Å². The van der Waals surface area contributed by atoms with Crippen molar-refractivity contribution in [3.63, 3.8) is 0 Å². The van der Waals surface area contributed by atoms with Gasteiger partial charge < -0.3 is 4.42 Å². The molecule has 0 saturated heterocycles. The van der Waals surface area contributed by atoms with Crippen LogP contribution in [0.5, 0.6) is 0 Å². The van der Waals surface area contributed by atoms with Gasteiger partial charge in [0.05, 0.1) is 5.39 Å². The fraction of sp³-hybridized carbons (Fsp3) is 0.176. The Hall–Kier alpha value is -1.94. The third-order valence-electron chi connectivity index (χ3n) is 3.40. The van der Waals surface area contributed by atoms with E-state index in [-0.39, 0.29) is 10.3 Å². The molecule has 21 heavy (non-hydrogen) atoms. The number of hydrogen-bond donors (Lipinski definition) is 0. The lowest BCUT2D eigenvalue weighted by molar-refractivity contribution is 0.614. The van der Waals surface area contributed by atoms with Crippen molar-refractivity contribution in [1.82, 2.24) is 4.98 Å². The summed E-state index contributed by atoms with van der Waals surface area (Å²) in [6, 6.07) is 9.11. The van der Waals surface area contributed by atoms with Gasteiger partial charge in [-0.05, 0) is 37.6 Å². The first-order valence-electron chi connectivity index (χ1n) is 6.69. The third-order valence-corrected chi connectivity index (χ3v) is 3.89. The molecule has 0 aliphatic heterocycles. The van der Waals surface area contributed by atoms with Gasteiger partial charge in [-0.3, -0.25) is 9.78 Å². The number of nitrogens with zero attached hydrogens (tertiary/aromatic N) is 1. The second kappa shape index (κ2) is 5.45. The molecule has 4 heteroatoms. The molecule has 0 N–H and O–H groups in total. The summed E-state index contributed by atoms with van der Waals surface area (Å²) in [4.78, 5) is 16.5. The summed E-state index contributed by atoms with van der Waals surface area (Å²) in [6.07, 6.45) is 3.37. The van der Waals surface area contributed by atoms with Crippen LogP contribution in [-0.2, 0) is 0 Å². The second-order valence-corrected chi connectivity index (χ2v) is 6.43. The van der Waals surface area contributed by atoms with E-state index < -0.39 is 0 Å². The number of benzene rings is 1. The fourth-order valence-electron chi connectivity index (χ4n) is 2.39. The molecule has 0 spiro atoms. The van der Waals surface area contributed by atoms with Crippen LogP contribution in [0.25, 0.3) is 22.3 Å². The van der Waals surface area contributed by atoms with Gasteiger partial charge in [0.25, 0.3) is 0 Å². The molecule has 3 aromatic rings. The molecule has 1 atom stereocenters. The minimum Gasteiger partial charge on any atom is -0.455 e. The zero-order valence-electron chi connectivity index (χ0n) is 11.8. The van der Waals surface area contributed by atoms with E-state index in [1.165, 1.54) is 0 Å². The maximum Gasteiger partial charge on any atom is 0.193 e. The molecule has 0 aliphatic rings. The average Bonchev–Trinajstić information content (AvgIpc) is 2.48. The molecule has 2 aromatic heterocycles. The number of halogens is 1. The number of fused-ring (bicyclic) bond motifs is 1. The van der Waals surface area contributed by atoms with Crippen LogP contribution in [0.4, 0.5) is 0 Å². The summed E-state index contributed by atoms with van der Waals surface area (Å²) in [6.45, 7) is 4.00. The molecular formula is C17H14BrNO2. The Bertz CT molecular complexity index is 854. The molecular weight excluding hydrogens is 330 g/mol. The maximum atomic E-state index is 12.4. The molecule has 0 fully saturated rings. The minimum atomic E-state index is -0.0267. The molecule has 0 amide bonds. The second-order valence-electron chi connectivity index (χ2n) is 5.06. The predicted molar refractivity (Wildman–Crippen MR) is 87.8 cm³/mol. The molecule has 3 nitrogen and oxygen atoms in total. The van der Waals surface area contributed by atoms with Gasteiger partial charge in [-0.15, -0.1) is 0 Å². The lowest BCUT2D eigenvalue weighted by Gasteiger charge is -2.10. The summed E-state index contributed by atoms with van der Waals surface area (Å²) in [7, 11) is 0. The number of aryl methyl sites for hydroxylation is 1. The van der Waals surface area contributed by atoms with Gasteiger partial charge in [0.2, 0.25) is 0 Å². The van der Waals surface area contributed by atoms with Crippen molar-refractivity contribution in [2.45, 2.75) is 18.7 Å². The molecule has 0 aliphatic carbocycles. The summed E-state index contributed by atoms with van der Waals surface area (Å²) < 4.78 is 6.02. The molecule has 1 aromatic carbocycles. The Labute approximate surface area is 130 Å². The molecule has 3 rings (SSSR count). The van der Waals surface area contributed by atoms with Crippen molar-refractivity contribution >= 4 is 26.9 Å². The Morgan fingerprint density at radius 3 is 2.57 bits per heavy atom. The Balaban J connectivity index is 2.35. The first-order chi connectivity index (χ1) is 10.1. The van der Waals surface area contributed by atoms with Crippen molar-refractivity contribution in [3.8, 4) is 11.3 Å². The Kier molecular flexibility index (Phi) is 3.64. The fourth-order valence-corrected chi connectivity index (χ4v) is 2.73. The van der Waals surface area contributed by atoms with Crippen molar-refractivity contribution < 1.29 is 4.42 Å². The Morgan fingerprint density at radius 2 is 1.90 bits per heavy atom. The van der Waals surface area contributed by atoms with Crippen LogP contribution in [0.15, 0.2) is 51.9 Å². The van der Waals surface area contributed by atoms with Crippen LogP contribution in [0.3, 0.4) is 0 Å². The monoisotopic (exact) mass is 343 g/mol. The van der Waals surface area contributed by atoms with Crippen molar-refractivity contribution in [3.05, 3.63) is 64.1 Å². The molecule has 106 valence electrons. The first kappa shape index (κ1) is 14.0. The van der Waals surface area contributed by atoms with Gasteiger partial charge >= 0.3 is 0 Å². The number of hydrogen-bond acceptors (Lipinski definition) is 3.